The molecule has 0 aliphatic carbocycles. The fraction of sp³-hybridized carbons (Fsp3) is 0.333. The second kappa shape index (κ2) is 5.03. The number of thiophene rings is 1. The average Bonchev–Trinajstić information content (AvgIpc) is 2.68. The molecule has 0 bridgehead atoms. The van der Waals surface area contributed by atoms with Crippen LogP contribution in [0.5, 0.6) is 0 Å². The molecule has 2 N–H and O–H groups in total. The molecule has 1 nitrogen and oxygen atoms in total. The van der Waals surface area contributed by atoms with Crippen LogP contribution >= 0.6 is 11.3 Å². The van der Waals surface area contributed by atoms with Crippen molar-refractivity contribution >= 4 is 11.3 Å². The Morgan fingerprint density at radius 3 is 2.35 bits per heavy atom. The van der Waals surface area contributed by atoms with Crippen LogP contribution < -0.4 is 5.73 Å². The molecule has 0 saturated heterocycles. The second-order valence-corrected chi connectivity index (χ2v) is 5.53. The second-order valence-electron chi connectivity index (χ2n) is 4.75. The maximum absolute atomic E-state index is 6.34. The first-order valence-electron chi connectivity index (χ1n) is 5.92. The molecule has 0 spiro atoms. The van der Waals surface area contributed by atoms with Crippen LogP contribution in [0.3, 0.4) is 0 Å². The van der Waals surface area contributed by atoms with Crippen molar-refractivity contribution in [1.82, 2.24) is 0 Å². The standard InChI is InChI=1S/C15H19NS/c1-10-6-11(2)15(12(3)7-10)14(16)8-13-4-5-17-9-13/h4-7,9,14H,8,16H2,1-3H3. The van der Waals surface area contributed by atoms with E-state index in [0.717, 1.165) is 6.42 Å². The topological polar surface area (TPSA) is 26.0 Å². The predicted molar refractivity (Wildman–Crippen MR) is 75.6 cm³/mol. The minimum Gasteiger partial charge on any atom is -0.324 e. The molecule has 2 aromatic rings. The summed E-state index contributed by atoms with van der Waals surface area (Å²) in [6, 6.07) is 6.69. The van der Waals surface area contributed by atoms with Gasteiger partial charge < -0.3 is 5.73 Å². The Morgan fingerprint density at radius 1 is 1.18 bits per heavy atom. The first-order chi connectivity index (χ1) is 8.08. The molecule has 1 aromatic heterocycles. The number of hydrogen-bond donors (Lipinski definition) is 1. The summed E-state index contributed by atoms with van der Waals surface area (Å²) in [6.45, 7) is 6.44. The van der Waals surface area contributed by atoms with Crippen LogP contribution in [0.15, 0.2) is 29.0 Å². The van der Waals surface area contributed by atoms with Gasteiger partial charge in [-0.2, -0.15) is 11.3 Å². The minimum atomic E-state index is 0.102. The molecule has 0 fully saturated rings. The van der Waals surface area contributed by atoms with E-state index in [1.54, 1.807) is 11.3 Å². The molecule has 17 heavy (non-hydrogen) atoms. The van der Waals surface area contributed by atoms with Crippen molar-refractivity contribution in [3.63, 3.8) is 0 Å². The smallest absolute Gasteiger partial charge is 0.0341 e. The Labute approximate surface area is 107 Å². The highest BCUT2D eigenvalue weighted by Gasteiger charge is 2.13. The molecule has 1 aromatic carbocycles. The fourth-order valence-corrected chi connectivity index (χ4v) is 3.22. The first-order valence-corrected chi connectivity index (χ1v) is 6.86. The van der Waals surface area contributed by atoms with E-state index in [4.69, 9.17) is 5.73 Å². The van der Waals surface area contributed by atoms with Crippen LogP contribution in [0.4, 0.5) is 0 Å². The predicted octanol–water partition coefficient (Wildman–Crippen LogP) is 3.92. The Morgan fingerprint density at radius 2 is 1.82 bits per heavy atom. The number of hydrogen-bond acceptors (Lipinski definition) is 2. The van der Waals surface area contributed by atoms with E-state index >= 15 is 0 Å². The fourth-order valence-electron chi connectivity index (χ4n) is 2.54. The Bertz CT molecular complexity index is 477. The van der Waals surface area contributed by atoms with Crippen molar-refractivity contribution in [2.45, 2.75) is 33.2 Å². The van der Waals surface area contributed by atoms with Gasteiger partial charge in [0.1, 0.15) is 0 Å². The lowest BCUT2D eigenvalue weighted by molar-refractivity contribution is 0.712. The third kappa shape index (κ3) is 2.76. The summed E-state index contributed by atoms with van der Waals surface area (Å²) in [5, 5.41) is 4.29. The Kier molecular flexibility index (Phi) is 3.65. The molecule has 1 unspecified atom stereocenters. The number of rotatable bonds is 3. The molecular formula is C15H19NS. The van der Waals surface area contributed by atoms with Gasteiger partial charge in [-0.1, -0.05) is 17.7 Å². The molecule has 1 heterocycles. The van der Waals surface area contributed by atoms with Crippen molar-refractivity contribution in [2.24, 2.45) is 5.73 Å². The molecule has 1 atom stereocenters. The van der Waals surface area contributed by atoms with E-state index in [0.29, 0.717) is 0 Å². The van der Waals surface area contributed by atoms with Crippen LogP contribution in [0.1, 0.15) is 33.9 Å². The summed E-state index contributed by atoms with van der Waals surface area (Å²) in [7, 11) is 0. The first kappa shape index (κ1) is 12.3. The molecule has 0 aliphatic heterocycles. The van der Waals surface area contributed by atoms with E-state index in [1.807, 2.05) is 0 Å². The molecule has 2 heteroatoms. The highest BCUT2D eigenvalue weighted by molar-refractivity contribution is 7.07. The van der Waals surface area contributed by atoms with Crippen LogP contribution in [-0.4, -0.2) is 0 Å². The Hall–Kier alpha value is -1.12. The monoisotopic (exact) mass is 245 g/mol. The number of nitrogens with two attached hydrogens (primary N) is 1. The van der Waals surface area contributed by atoms with Gasteiger partial charge in [-0.3, -0.25) is 0 Å². The van der Waals surface area contributed by atoms with Crippen molar-refractivity contribution < 1.29 is 0 Å². The van der Waals surface area contributed by atoms with Gasteiger partial charge in [-0.15, -0.1) is 0 Å². The average molecular weight is 245 g/mol. The summed E-state index contributed by atoms with van der Waals surface area (Å²) >= 11 is 1.73. The zero-order valence-electron chi connectivity index (χ0n) is 10.7. The van der Waals surface area contributed by atoms with Gasteiger partial charge in [-0.25, -0.2) is 0 Å². The summed E-state index contributed by atoms with van der Waals surface area (Å²) in [5.74, 6) is 0. The van der Waals surface area contributed by atoms with Gasteiger partial charge in [0.05, 0.1) is 0 Å². The molecule has 90 valence electrons. The normalized spacial score (nSPS) is 12.7. The van der Waals surface area contributed by atoms with E-state index in [1.165, 1.54) is 27.8 Å². The van der Waals surface area contributed by atoms with Crippen molar-refractivity contribution in [3.05, 3.63) is 56.8 Å². The van der Waals surface area contributed by atoms with Crippen LogP contribution in [0.2, 0.25) is 0 Å². The summed E-state index contributed by atoms with van der Waals surface area (Å²) in [6.07, 6.45) is 0.925. The van der Waals surface area contributed by atoms with Crippen molar-refractivity contribution in [1.29, 1.82) is 0 Å². The molecule has 0 radical (unpaired) electrons. The molecular weight excluding hydrogens is 226 g/mol. The lowest BCUT2D eigenvalue weighted by Gasteiger charge is -2.18. The van der Waals surface area contributed by atoms with E-state index < -0.39 is 0 Å². The Balaban J connectivity index is 2.27. The minimum absolute atomic E-state index is 0.102. The number of benzene rings is 1. The lowest BCUT2D eigenvalue weighted by atomic mass is 9.91. The summed E-state index contributed by atoms with van der Waals surface area (Å²) in [4.78, 5) is 0. The number of aryl methyl sites for hydroxylation is 3. The summed E-state index contributed by atoms with van der Waals surface area (Å²) in [5.41, 5.74) is 12.9. The van der Waals surface area contributed by atoms with Gasteiger partial charge in [0.25, 0.3) is 0 Å². The van der Waals surface area contributed by atoms with Crippen molar-refractivity contribution in [3.8, 4) is 0 Å². The quantitative estimate of drug-likeness (QED) is 0.871. The highest BCUT2D eigenvalue weighted by atomic mass is 32.1. The van der Waals surface area contributed by atoms with Gasteiger partial charge in [0.2, 0.25) is 0 Å². The molecule has 2 rings (SSSR count). The van der Waals surface area contributed by atoms with Crippen LogP contribution in [0, 0.1) is 20.8 Å². The van der Waals surface area contributed by atoms with E-state index in [9.17, 15) is 0 Å². The maximum atomic E-state index is 6.34. The lowest BCUT2D eigenvalue weighted by Crippen LogP contribution is -2.16. The SMILES string of the molecule is Cc1cc(C)c(C(N)Cc2ccsc2)c(C)c1. The molecule has 0 saturated carbocycles. The van der Waals surface area contributed by atoms with Crippen LogP contribution in [-0.2, 0) is 6.42 Å². The van der Waals surface area contributed by atoms with Gasteiger partial charge in [0.15, 0.2) is 0 Å². The van der Waals surface area contributed by atoms with Crippen LogP contribution in [0.25, 0.3) is 0 Å². The zero-order chi connectivity index (χ0) is 12.4. The van der Waals surface area contributed by atoms with Crippen molar-refractivity contribution in [2.75, 3.05) is 0 Å². The third-order valence-corrected chi connectivity index (χ3v) is 3.88. The van der Waals surface area contributed by atoms with Gasteiger partial charge in [0, 0.05) is 6.04 Å². The molecule has 0 aliphatic rings. The van der Waals surface area contributed by atoms with Gasteiger partial charge in [-0.05, 0) is 66.3 Å². The third-order valence-electron chi connectivity index (χ3n) is 3.14. The largest absolute Gasteiger partial charge is 0.324 e. The maximum Gasteiger partial charge on any atom is 0.0341 e. The zero-order valence-corrected chi connectivity index (χ0v) is 11.5. The highest BCUT2D eigenvalue weighted by Crippen LogP contribution is 2.25. The van der Waals surface area contributed by atoms with Gasteiger partial charge >= 0.3 is 0 Å². The van der Waals surface area contributed by atoms with E-state index in [-0.39, 0.29) is 6.04 Å². The summed E-state index contributed by atoms with van der Waals surface area (Å²) < 4.78 is 0. The van der Waals surface area contributed by atoms with E-state index in [2.05, 4.69) is 49.7 Å². The molecule has 0 amide bonds.